The molecule has 1 fully saturated rings. The Kier molecular flexibility index (Phi) is 5.15. The molecule has 1 N–H and O–H groups in total. The van der Waals surface area contributed by atoms with Crippen LogP contribution in [0.2, 0.25) is 0 Å². The summed E-state index contributed by atoms with van der Waals surface area (Å²) in [5.74, 6) is 0.863. The molecule has 1 aliphatic rings. The Hall–Kier alpha value is -3.08. The fourth-order valence-corrected chi connectivity index (χ4v) is 4.26. The van der Waals surface area contributed by atoms with Gasteiger partial charge in [-0.2, -0.15) is 0 Å². The highest BCUT2D eigenvalue weighted by Crippen LogP contribution is 2.34. The van der Waals surface area contributed by atoms with Gasteiger partial charge in [0.25, 0.3) is 0 Å². The van der Waals surface area contributed by atoms with E-state index in [0.717, 1.165) is 41.5 Å². The second kappa shape index (κ2) is 7.89. The summed E-state index contributed by atoms with van der Waals surface area (Å²) in [5, 5.41) is 8.73. The maximum atomic E-state index is 12.9. The van der Waals surface area contributed by atoms with Crippen molar-refractivity contribution in [2.75, 3.05) is 13.1 Å². The molecule has 0 unspecified atom stereocenters. The number of benzene rings is 1. The van der Waals surface area contributed by atoms with Crippen LogP contribution in [0.5, 0.6) is 0 Å². The minimum absolute atomic E-state index is 0.156. The highest BCUT2D eigenvalue weighted by molar-refractivity contribution is 5.98. The summed E-state index contributed by atoms with van der Waals surface area (Å²) in [6.07, 6.45) is 8.05. The predicted molar refractivity (Wildman–Crippen MR) is 111 cm³/mol. The molecule has 3 heterocycles. The molecule has 1 amide bonds. The zero-order valence-electron chi connectivity index (χ0n) is 16.0. The lowest BCUT2D eigenvalue weighted by Gasteiger charge is -2.37. The molecular formula is C23H24N4O. The zero-order chi connectivity index (χ0) is 19.5. The topological polar surface area (TPSA) is 69.9 Å². The Morgan fingerprint density at radius 2 is 2.07 bits per heavy atom. The minimum atomic E-state index is 0.156. The number of carbonyl (C=O) groups is 1. The summed E-state index contributed by atoms with van der Waals surface area (Å²) >= 11 is 0. The summed E-state index contributed by atoms with van der Waals surface area (Å²) in [6.45, 7) is 3.73. The molecule has 4 rings (SSSR count). The van der Waals surface area contributed by atoms with E-state index in [2.05, 4.69) is 29.0 Å². The molecule has 0 aliphatic carbocycles. The van der Waals surface area contributed by atoms with E-state index in [-0.39, 0.29) is 11.8 Å². The van der Waals surface area contributed by atoms with Crippen LogP contribution in [0.4, 0.5) is 0 Å². The van der Waals surface area contributed by atoms with Crippen LogP contribution in [-0.2, 0) is 11.2 Å². The number of pyridine rings is 2. The normalized spacial score (nSPS) is 19.5. The summed E-state index contributed by atoms with van der Waals surface area (Å²) < 4.78 is 0. The standard InChI is InChI=1S/C23H24N4O/c1-16-10-19(15-27(14-16)22(28)11-17-4-2-8-25-13-17)20-7-6-18(12-24)23-21(20)5-3-9-26-23/h2-9,12-13,16,19,24H,10-11,14-15H2,1H3/t16-,19+/m1/s1. The van der Waals surface area contributed by atoms with Crippen LogP contribution in [0, 0.1) is 11.3 Å². The van der Waals surface area contributed by atoms with Crippen LogP contribution in [0.15, 0.2) is 55.0 Å². The van der Waals surface area contributed by atoms with Gasteiger partial charge in [-0.1, -0.05) is 31.2 Å². The monoisotopic (exact) mass is 372 g/mol. The summed E-state index contributed by atoms with van der Waals surface area (Å²) in [6, 6.07) is 11.9. The number of hydrogen-bond acceptors (Lipinski definition) is 4. The van der Waals surface area contributed by atoms with Gasteiger partial charge in [0.15, 0.2) is 0 Å². The van der Waals surface area contributed by atoms with E-state index < -0.39 is 0 Å². The van der Waals surface area contributed by atoms with Gasteiger partial charge in [0.2, 0.25) is 5.91 Å². The fourth-order valence-electron chi connectivity index (χ4n) is 4.26. The Morgan fingerprint density at radius 3 is 2.86 bits per heavy atom. The lowest BCUT2D eigenvalue weighted by molar-refractivity contribution is -0.132. The molecule has 2 aromatic heterocycles. The van der Waals surface area contributed by atoms with Crippen LogP contribution < -0.4 is 0 Å². The first-order valence-corrected chi connectivity index (χ1v) is 9.70. The first-order chi connectivity index (χ1) is 13.7. The number of rotatable bonds is 4. The molecule has 0 spiro atoms. The van der Waals surface area contributed by atoms with Crippen molar-refractivity contribution in [3.8, 4) is 0 Å². The van der Waals surface area contributed by atoms with Crippen molar-refractivity contribution in [2.24, 2.45) is 5.92 Å². The van der Waals surface area contributed by atoms with Crippen molar-refractivity contribution in [2.45, 2.75) is 25.7 Å². The summed E-state index contributed by atoms with van der Waals surface area (Å²) in [5.41, 5.74) is 3.86. The second-order valence-corrected chi connectivity index (χ2v) is 7.66. The Labute approximate surface area is 164 Å². The van der Waals surface area contributed by atoms with Crippen LogP contribution in [0.1, 0.15) is 36.0 Å². The van der Waals surface area contributed by atoms with E-state index in [1.165, 1.54) is 11.8 Å². The molecule has 1 aliphatic heterocycles. The molecule has 1 saturated heterocycles. The molecule has 0 saturated carbocycles. The molecular weight excluding hydrogens is 348 g/mol. The Balaban J connectivity index is 1.61. The van der Waals surface area contributed by atoms with Gasteiger partial charge >= 0.3 is 0 Å². The maximum Gasteiger partial charge on any atom is 0.227 e. The summed E-state index contributed by atoms with van der Waals surface area (Å²) in [4.78, 5) is 23.5. The average Bonchev–Trinajstić information content (AvgIpc) is 2.73. The minimum Gasteiger partial charge on any atom is -0.342 e. The molecule has 2 atom stereocenters. The number of fused-ring (bicyclic) bond motifs is 1. The molecule has 5 heteroatoms. The van der Waals surface area contributed by atoms with E-state index in [9.17, 15) is 4.79 Å². The van der Waals surface area contributed by atoms with Gasteiger partial charge in [0.05, 0.1) is 11.9 Å². The van der Waals surface area contributed by atoms with Gasteiger partial charge in [0, 0.05) is 54.8 Å². The van der Waals surface area contributed by atoms with Crippen molar-refractivity contribution in [1.82, 2.24) is 14.9 Å². The molecule has 3 aromatic rings. The molecule has 5 nitrogen and oxygen atoms in total. The highest BCUT2D eigenvalue weighted by atomic mass is 16.2. The van der Waals surface area contributed by atoms with Gasteiger partial charge in [-0.15, -0.1) is 0 Å². The van der Waals surface area contributed by atoms with Crippen LogP contribution >= 0.6 is 0 Å². The predicted octanol–water partition coefficient (Wildman–Crippen LogP) is 3.82. The van der Waals surface area contributed by atoms with E-state index in [4.69, 9.17) is 5.41 Å². The van der Waals surface area contributed by atoms with Crippen molar-refractivity contribution in [3.05, 3.63) is 71.7 Å². The quantitative estimate of drug-likeness (QED) is 0.708. The summed E-state index contributed by atoms with van der Waals surface area (Å²) in [7, 11) is 0. The number of likely N-dealkylation sites (tertiary alicyclic amines) is 1. The smallest absolute Gasteiger partial charge is 0.227 e. The van der Waals surface area contributed by atoms with Crippen LogP contribution in [0.25, 0.3) is 10.9 Å². The van der Waals surface area contributed by atoms with Gasteiger partial charge in [-0.05, 0) is 35.6 Å². The third-order valence-corrected chi connectivity index (χ3v) is 5.52. The number of carbonyl (C=O) groups excluding carboxylic acids is 1. The van der Waals surface area contributed by atoms with Gasteiger partial charge in [-0.3, -0.25) is 14.8 Å². The maximum absolute atomic E-state index is 12.9. The van der Waals surface area contributed by atoms with Gasteiger partial charge in [-0.25, -0.2) is 0 Å². The first-order valence-electron chi connectivity index (χ1n) is 9.70. The number of nitrogens with zero attached hydrogens (tertiary/aromatic N) is 3. The number of nitrogens with one attached hydrogen (secondary N) is 1. The lowest BCUT2D eigenvalue weighted by atomic mass is 9.83. The number of aromatic nitrogens is 2. The molecule has 28 heavy (non-hydrogen) atoms. The average molecular weight is 372 g/mol. The zero-order valence-corrected chi connectivity index (χ0v) is 16.0. The van der Waals surface area contributed by atoms with Crippen molar-refractivity contribution >= 4 is 23.0 Å². The van der Waals surface area contributed by atoms with E-state index in [1.807, 2.05) is 29.2 Å². The fraction of sp³-hybridized carbons (Fsp3) is 0.304. The van der Waals surface area contributed by atoms with E-state index in [0.29, 0.717) is 12.3 Å². The Morgan fingerprint density at radius 1 is 1.21 bits per heavy atom. The van der Waals surface area contributed by atoms with Crippen molar-refractivity contribution in [3.63, 3.8) is 0 Å². The lowest BCUT2D eigenvalue weighted by Crippen LogP contribution is -2.43. The number of hydrogen-bond donors (Lipinski definition) is 1. The second-order valence-electron chi connectivity index (χ2n) is 7.66. The van der Waals surface area contributed by atoms with Crippen molar-refractivity contribution in [1.29, 1.82) is 5.41 Å². The molecule has 1 aromatic carbocycles. The largest absolute Gasteiger partial charge is 0.342 e. The third kappa shape index (κ3) is 3.65. The first kappa shape index (κ1) is 18.3. The van der Waals surface area contributed by atoms with E-state index >= 15 is 0 Å². The van der Waals surface area contributed by atoms with Crippen LogP contribution in [0.3, 0.4) is 0 Å². The number of amides is 1. The SMILES string of the molecule is C[C@@H]1C[C@H](c2ccc(C=N)c3ncccc23)CN(C(=O)Cc2cccnc2)C1. The number of piperidine rings is 1. The Bertz CT molecular complexity index is 1000. The van der Waals surface area contributed by atoms with Gasteiger partial charge in [0.1, 0.15) is 0 Å². The van der Waals surface area contributed by atoms with Crippen LogP contribution in [-0.4, -0.2) is 40.1 Å². The van der Waals surface area contributed by atoms with Gasteiger partial charge < -0.3 is 10.3 Å². The molecule has 0 radical (unpaired) electrons. The molecule has 0 bridgehead atoms. The van der Waals surface area contributed by atoms with E-state index in [1.54, 1.807) is 18.6 Å². The molecule has 142 valence electrons. The van der Waals surface area contributed by atoms with Crippen molar-refractivity contribution < 1.29 is 4.79 Å². The third-order valence-electron chi connectivity index (χ3n) is 5.52. The highest BCUT2D eigenvalue weighted by Gasteiger charge is 2.29.